The van der Waals surface area contributed by atoms with Crippen LogP contribution in [0.4, 0.5) is 0 Å². The van der Waals surface area contributed by atoms with Crippen molar-refractivity contribution in [2.45, 2.75) is 44.2 Å². The largest absolute Gasteiger partial charge is 0.378 e. The van der Waals surface area contributed by atoms with Crippen LogP contribution in [0.15, 0.2) is 24.3 Å². The highest BCUT2D eigenvalue weighted by atomic mass is 16.5. The highest BCUT2D eigenvalue weighted by Gasteiger charge is 2.34. The molecule has 0 bridgehead atoms. The molecule has 4 unspecified atom stereocenters. The van der Waals surface area contributed by atoms with Crippen LogP contribution in [0.2, 0.25) is 0 Å². The van der Waals surface area contributed by atoms with E-state index in [4.69, 9.17) is 10.6 Å². The summed E-state index contributed by atoms with van der Waals surface area (Å²) in [5.74, 6) is 6.99. The summed E-state index contributed by atoms with van der Waals surface area (Å²) in [6.07, 6.45) is 3.86. The first-order valence-electron chi connectivity index (χ1n) is 6.93. The molecule has 0 spiro atoms. The van der Waals surface area contributed by atoms with Gasteiger partial charge in [0.15, 0.2) is 0 Å². The van der Waals surface area contributed by atoms with Crippen molar-refractivity contribution in [2.75, 3.05) is 6.61 Å². The summed E-state index contributed by atoms with van der Waals surface area (Å²) in [6, 6.07) is 9.13. The van der Waals surface area contributed by atoms with Crippen LogP contribution in [-0.4, -0.2) is 18.8 Å². The molecule has 3 nitrogen and oxygen atoms in total. The van der Waals surface area contributed by atoms with E-state index >= 15 is 0 Å². The molecule has 2 aliphatic rings. The highest BCUT2D eigenvalue weighted by Crippen LogP contribution is 2.39. The van der Waals surface area contributed by atoms with Gasteiger partial charge in [-0.3, -0.25) is 11.3 Å². The maximum atomic E-state index is 5.74. The predicted molar refractivity (Wildman–Crippen MR) is 72.1 cm³/mol. The lowest BCUT2D eigenvalue weighted by molar-refractivity contribution is 0.116. The van der Waals surface area contributed by atoms with Crippen LogP contribution < -0.4 is 11.3 Å². The third-order valence-corrected chi connectivity index (χ3v) is 4.51. The minimum atomic E-state index is 0.383. The number of rotatable bonds is 4. The Kier molecular flexibility index (Phi) is 3.37. The smallest absolute Gasteiger partial charge is 0.0551 e. The van der Waals surface area contributed by atoms with E-state index in [1.807, 2.05) is 0 Å². The van der Waals surface area contributed by atoms with E-state index in [0.717, 1.165) is 19.4 Å². The molecular formula is C15H22N2O. The first kappa shape index (κ1) is 12.2. The summed E-state index contributed by atoms with van der Waals surface area (Å²) in [5, 5.41) is 0. The zero-order chi connectivity index (χ0) is 12.5. The number of nitrogens with two attached hydrogens (primary N) is 1. The van der Waals surface area contributed by atoms with Gasteiger partial charge in [0.25, 0.3) is 0 Å². The number of fused-ring (bicyclic) bond motifs is 1. The van der Waals surface area contributed by atoms with Crippen LogP contribution in [0.3, 0.4) is 0 Å². The van der Waals surface area contributed by atoms with Crippen molar-refractivity contribution in [3.05, 3.63) is 35.4 Å². The fourth-order valence-corrected chi connectivity index (χ4v) is 3.41. The van der Waals surface area contributed by atoms with Gasteiger partial charge in [0.2, 0.25) is 0 Å². The minimum absolute atomic E-state index is 0.383. The standard InChI is InChI=1S/C15H22N2O/c1-10-6-13(9-18-10)15(17-16)8-12-7-11-4-2-3-5-14(11)12/h2-5,10,12-13,15,17H,6-9,16H2,1H3. The van der Waals surface area contributed by atoms with E-state index in [-0.39, 0.29) is 0 Å². The van der Waals surface area contributed by atoms with Crippen molar-refractivity contribution in [1.29, 1.82) is 0 Å². The molecule has 3 N–H and O–H groups in total. The molecule has 18 heavy (non-hydrogen) atoms. The second kappa shape index (κ2) is 5.00. The van der Waals surface area contributed by atoms with E-state index in [0.29, 0.717) is 24.0 Å². The Bertz CT molecular complexity index is 421. The van der Waals surface area contributed by atoms with Crippen molar-refractivity contribution in [2.24, 2.45) is 11.8 Å². The van der Waals surface area contributed by atoms with Gasteiger partial charge in [-0.25, -0.2) is 0 Å². The predicted octanol–water partition coefficient (Wildman–Crippen LogP) is 1.97. The Hall–Kier alpha value is -0.900. The maximum absolute atomic E-state index is 5.74. The first-order valence-corrected chi connectivity index (χ1v) is 6.93. The van der Waals surface area contributed by atoms with Crippen LogP contribution in [0.25, 0.3) is 0 Å². The molecule has 1 aliphatic carbocycles. The summed E-state index contributed by atoms with van der Waals surface area (Å²) >= 11 is 0. The van der Waals surface area contributed by atoms with Gasteiger partial charge in [0.05, 0.1) is 12.7 Å². The van der Waals surface area contributed by atoms with E-state index in [2.05, 4.69) is 36.6 Å². The number of ether oxygens (including phenoxy) is 1. The van der Waals surface area contributed by atoms with Crippen molar-refractivity contribution in [3.63, 3.8) is 0 Å². The van der Waals surface area contributed by atoms with Gasteiger partial charge < -0.3 is 4.74 Å². The monoisotopic (exact) mass is 246 g/mol. The molecule has 1 fully saturated rings. The normalized spacial score (nSPS) is 31.8. The number of nitrogens with one attached hydrogen (secondary N) is 1. The average Bonchev–Trinajstić information content (AvgIpc) is 2.77. The molecule has 98 valence electrons. The van der Waals surface area contributed by atoms with Gasteiger partial charge in [0, 0.05) is 12.0 Å². The Morgan fingerprint density at radius 3 is 2.94 bits per heavy atom. The Morgan fingerprint density at radius 2 is 2.28 bits per heavy atom. The fourth-order valence-electron chi connectivity index (χ4n) is 3.41. The van der Waals surface area contributed by atoms with E-state index in [9.17, 15) is 0 Å². The van der Waals surface area contributed by atoms with E-state index in [1.54, 1.807) is 0 Å². The van der Waals surface area contributed by atoms with Crippen LogP contribution in [0.5, 0.6) is 0 Å². The van der Waals surface area contributed by atoms with E-state index < -0.39 is 0 Å². The van der Waals surface area contributed by atoms with Crippen LogP contribution in [0, 0.1) is 5.92 Å². The van der Waals surface area contributed by atoms with Gasteiger partial charge in [-0.1, -0.05) is 24.3 Å². The summed E-state index contributed by atoms with van der Waals surface area (Å²) < 4.78 is 5.66. The third-order valence-electron chi connectivity index (χ3n) is 4.51. The van der Waals surface area contributed by atoms with E-state index in [1.165, 1.54) is 17.5 Å². The molecule has 0 radical (unpaired) electrons. The molecule has 4 atom stereocenters. The highest BCUT2D eigenvalue weighted by molar-refractivity contribution is 5.39. The molecule has 0 amide bonds. The second-order valence-electron chi connectivity index (χ2n) is 5.75. The molecule has 0 aromatic heterocycles. The van der Waals surface area contributed by atoms with Crippen molar-refractivity contribution in [3.8, 4) is 0 Å². The fraction of sp³-hybridized carbons (Fsp3) is 0.600. The van der Waals surface area contributed by atoms with Crippen molar-refractivity contribution < 1.29 is 4.74 Å². The summed E-state index contributed by atoms with van der Waals surface area (Å²) in [4.78, 5) is 0. The lowest BCUT2D eigenvalue weighted by atomic mass is 9.73. The van der Waals surface area contributed by atoms with Crippen LogP contribution >= 0.6 is 0 Å². The number of hydrazine groups is 1. The number of hydrogen-bond acceptors (Lipinski definition) is 3. The minimum Gasteiger partial charge on any atom is -0.378 e. The second-order valence-corrected chi connectivity index (χ2v) is 5.75. The molecule has 3 heteroatoms. The average molecular weight is 246 g/mol. The van der Waals surface area contributed by atoms with Gasteiger partial charge >= 0.3 is 0 Å². The SMILES string of the molecule is CC1CC(C(CC2Cc3ccccc32)NN)CO1. The van der Waals surface area contributed by atoms with Gasteiger partial charge in [-0.15, -0.1) is 0 Å². The number of hydrogen-bond donors (Lipinski definition) is 2. The number of benzene rings is 1. The Balaban J connectivity index is 1.62. The Morgan fingerprint density at radius 1 is 1.44 bits per heavy atom. The molecule has 1 aliphatic heterocycles. The lowest BCUT2D eigenvalue weighted by Crippen LogP contribution is -2.43. The molecule has 1 heterocycles. The topological polar surface area (TPSA) is 47.3 Å². The lowest BCUT2D eigenvalue weighted by Gasteiger charge is -2.34. The van der Waals surface area contributed by atoms with Gasteiger partial charge in [0.1, 0.15) is 0 Å². The zero-order valence-electron chi connectivity index (χ0n) is 10.9. The van der Waals surface area contributed by atoms with Crippen LogP contribution in [-0.2, 0) is 11.2 Å². The zero-order valence-corrected chi connectivity index (χ0v) is 10.9. The summed E-state index contributed by atoms with van der Waals surface area (Å²) in [5.41, 5.74) is 6.04. The molecule has 1 aromatic rings. The van der Waals surface area contributed by atoms with Gasteiger partial charge in [-0.2, -0.15) is 0 Å². The van der Waals surface area contributed by atoms with Crippen molar-refractivity contribution in [1.82, 2.24) is 5.43 Å². The molecular weight excluding hydrogens is 224 g/mol. The summed E-state index contributed by atoms with van der Waals surface area (Å²) in [6.45, 7) is 3.00. The first-order chi connectivity index (χ1) is 8.78. The maximum Gasteiger partial charge on any atom is 0.0551 e. The summed E-state index contributed by atoms with van der Waals surface area (Å²) in [7, 11) is 0. The van der Waals surface area contributed by atoms with Crippen molar-refractivity contribution >= 4 is 0 Å². The molecule has 3 rings (SSSR count). The molecule has 1 saturated heterocycles. The quantitative estimate of drug-likeness (QED) is 0.631. The van der Waals surface area contributed by atoms with Gasteiger partial charge in [-0.05, 0) is 43.2 Å². The third kappa shape index (κ3) is 2.18. The molecule has 1 aromatic carbocycles. The molecule has 0 saturated carbocycles. The Labute approximate surface area is 109 Å². The van der Waals surface area contributed by atoms with Crippen LogP contribution in [0.1, 0.15) is 36.8 Å².